The number of alkyl halides is 3. The molecule has 1 heterocycles. The van der Waals surface area contributed by atoms with Gasteiger partial charge in [0.25, 0.3) is 0 Å². The lowest BCUT2D eigenvalue weighted by Crippen LogP contribution is -2.31. The van der Waals surface area contributed by atoms with Crippen LogP contribution in [-0.4, -0.2) is 23.9 Å². The van der Waals surface area contributed by atoms with Crippen molar-refractivity contribution in [2.45, 2.75) is 32.6 Å². The number of aromatic amines is 1. The van der Waals surface area contributed by atoms with Crippen molar-refractivity contribution in [2.24, 2.45) is 0 Å². The van der Waals surface area contributed by atoms with Gasteiger partial charge in [-0.15, -0.1) is 0 Å². The normalized spacial score (nSPS) is 11.9. The quantitative estimate of drug-likeness (QED) is 0.876. The molecular formula is C14H17BF3N3. The maximum absolute atomic E-state index is 13.0. The number of hydrogen-bond donors (Lipinski definition) is 1. The SMILES string of the molecule is Bc1cc(N(Cc2cnc[nH]2)C(C)C)cc(C(F)(F)F)c1. The molecule has 0 aliphatic rings. The fraction of sp³-hybridized carbons (Fsp3) is 0.357. The standard InChI is InChI=1S/C14H17BF3N3/c1-9(2)21(7-12-6-19-8-20-12)13-4-10(14(16,17)18)3-11(15)5-13/h3-6,8-9H,7,15H2,1-2H3,(H,19,20). The van der Waals surface area contributed by atoms with Crippen LogP contribution in [-0.2, 0) is 12.7 Å². The summed E-state index contributed by atoms with van der Waals surface area (Å²) in [6.07, 6.45) is -1.10. The van der Waals surface area contributed by atoms with Gasteiger partial charge in [0.05, 0.1) is 24.1 Å². The van der Waals surface area contributed by atoms with Gasteiger partial charge in [-0.2, -0.15) is 13.2 Å². The van der Waals surface area contributed by atoms with Crippen LogP contribution in [0.15, 0.2) is 30.7 Å². The molecular weight excluding hydrogens is 278 g/mol. The Balaban J connectivity index is 2.38. The zero-order valence-electron chi connectivity index (χ0n) is 12.2. The minimum Gasteiger partial charge on any atom is -0.363 e. The molecule has 1 aromatic carbocycles. The smallest absolute Gasteiger partial charge is 0.363 e. The molecule has 1 aromatic heterocycles. The highest BCUT2D eigenvalue weighted by atomic mass is 19.4. The number of benzene rings is 1. The van der Waals surface area contributed by atoms with Gasteiger partial charge in [0, 0.05) is 17.9 Å². The van der Waals surface area contributed by atoms with Crippen LogP contribution in [0, 0.1) is 0 Å². The highest BCUT2D eigenvalue weighted by molar-refractivity contribution is 6.32. The molecule has 7 heteroatoms. The summed E-state index contributed by atoms with van der Waals surface area (Å²) in [5.41, 5.74) is 1.40. The number of nitrogens with zero attached hydrogens (tertiary/aromatic N) is 2. The predicted octanol–water partition coefficient (Wildman–Crippen LogP) is 2.10. The van der Waals surface area contributed by atoms with Gasteiger partial charge < -0.3 is 9.88 Å². The van der Waals surface area contributed by atoms with E-state index in [0.29, 0.717) is 17.7 Å². The van der Waals surface area contributed by atoms with Crippen molar-refractivity contribution in [3.05, 3.63) is 42.0 Å². The summed E-state index contributed by atoms with van der Waals surface area (Å²) in [5, 5.41) is 0. The van der Waals surface area contributed by atoms with Gasteiger partial charge in [-0.1, -0.05) is 11.5 Å². The fourth-order valence-corrected chi connectivity index (χ4v) is 2.22. The van der Waals surface area contributed by atoms with E-state index in [-0.39, 0.29) is 6.04 Å². The average Bonchev–Trinajstić information content (AvgIpc) is 2.86. The van der Waals surface area contributed by atoms with E-state index in [1.54, 1.807) is 26.4 Å². The highest BCUT2D eigenvalue weighted by Gasteiger charge is 2.31. The molecule has 0 atom stereocenters. The van der Waals surface area contributed by atoms with E-state index < -0.39 is 11.7 Å². The minimum atomic E-state index is -4.34. The van der Waals surface area contributed by atoms with Gasteiger partial charge >= 0.3 is 6.18 Å². The summed E-state index contributed by atoms with van der Waals surface area (Å²) in [6.45, 7) is 4.39. The molecule has 0 amide bonds. The van der Waals surface area contributed by atoms with Crippen LogP contribution in [0.2, 0.25) is 0 Å². The van der Waals surface area contributed by atoms with E-state index in [1.165, 1.54) is 6.07 Å². The first kappa shape index (κ1) is 15.5. The van der Waals surface area contributed by atoms with Gasteiger partial charge in [0.2, 0.25) is 0 Å². The third kappa shape index (κ3) is 3.80. The zero-order valence-corrected chi connectivity index (χ0v) is 12.2. The summed E-state index contributed by atoms with van der Waals surface area (Å²) in [6, 6.07) is 4.20. The maximum atomic E-state index is 13.0. The molecule has 0 aliphatic carbocycles. The number of halogens is 3. The first-order valence-electron chi connectivity index (χ1n) is 6.70. The zero-order chi connectivity index (χ0) is 15.6. The summed E-state index contributed by atoms with van der Waals surface area (Å²) >= 11 is 0. The molecule has 3 nitrogen and oxygen atoms in total. The van der Waals surface area contributed by atoms with Gasteiger partial charge in [-0.05, 0) is 26.0 Å². The Kier molecular flexibility index (Phi) is 4.30. The number of rotatable bonds is 4. The lowest BCUT2D eigenvalue weighted by atomic mass is 9.93. The van der Waals surface area contributed by atoms with E-state index in [9.17, 15) is 13.2 Å². The maximum Gasteiger partial charge on any atom is 0.416 e. The molecule has 2 aromatic rings. The molecule has 2 rings (SSSR count). The van der Waals surface area contributed by atoms with E-state index in [1.807, 2.05) is 18.7 Å². The molecule has 0 bridgehead atoms. The van der Waals surface area contributed by atoms with Crippen molar-refractivity contribution in [1.82, 2.24) is 9.97 Å². The van der Waals surface area contributed by atoms with Gasteiger partial charge in [-0.25, -0.2) is 4.98 Å². The third-order valence-corrected chi connectivity index (χ3v) is 3.24. The molecule has 0 saturated carbocycles. The predicted molar refractivity (Wildman–Crippen MR) is 79.5 cm³/mol. The van der Waals surface area contributed by atoms with Crippen LogP contribution < -0.4 is 10.4 Å². The number of nitrogens with one attached hydrogen (secondary N) is 1. The summed E-state index contributed by atoms with van der Waals surface area (Å²) in [7, 11) is 1.67. The average molecular weight is 295 g/mol. The Hall–Kier alpha value is -1.92. The molecule has 0 radical (unpaired) electrons. The van der Waals surface area contributed by atoms with Crippen molar-refractivity contribution in [3.63, 3.8) is 0 Å². The first-order chi connectivity index (χ1) is 9.77. The minimum absolute atomic E-state index is 0.0659. The largest absolute Gasteiger partial charge is 0.416 e. The van der Waals surface area contributed by atoms with Crippen LogP contribution >= 0.6 is 0 Å². The number of aromatic nitrogens is 2. The Morgan fingerprint density at radius 1 is 1.29 bits per heavy atom. The van der Waals surface area contributed by atoms with E-state index >= 15 is 0 Å². The third-order valence-electron chi connectivity index (χ3n) is 3.24. The van der Waals surface area contributed by atoms with Crippen LogP contribution in [0.25, 0.3) is 0 Å². The van der Waals surface area contributed by atoms with Crippen molar-refractivity contribution in [1.29, 1.82) is 0 Å². The van der Waals surface area contributed by atoms with E-state index in [2.05, 4.69) is 9.97 Å². The topological polar surface area (TPSA) is 31.9 Å². The molecule has 112 valence electrons. The Bertz CT molecular complexity index is 594. The molecule has 21 heavy (non-hydrogen) atoms. The number of hydrogen-bond acceptors (Lipinski definition) is 2. The van der Waals surface area contributed by atoms with Crippen LogP contribution in [0.1, 0.15) is 25.1 Å². The molecule has 0 aliphatic heterocycles. The Morgan fingerprint density at radius 3 is 2.52 bits per heavy atom. The Labute approximate surface area is 122 Å². The van der Waals surface area contributed by atoms with Crippen LogP contribution in [0.5, 0.6) is 0 Å². The van der Waals surface area contributed by atoms with Crippen molar-refractivity contribution in [2.75, 3.05) is 4.90 Å². The second-order valence-corrected chi connectivity index (χ2v) is 5.35. The van der Waals surface area contributed by atoms with Crippen molar-refractivity contribution in [3.8, 4) is 0 Å². The highest BCUT2D eigenvalue weighted by Crippen LogP contribution is 2.31. The second-order valence-electron chi connectivity index (χ2n) is 5.35. The monoisotopic (exact) mass is 295 g/mol. The van der Waals surface area contributed by atoms with E-state index in [4.69, 9.17) is 0 Å². The summed E-state index contributed by atoms with van der Waals surface area (Å²) in [5.74, 6) is 0. The van der Waals surface area contributed by atoms with Gasteiger partial charge in [0.1, 0.15) is 7.85 Å². The number of H-pyrrole nitrogens is 1. The van der Waals surface area contributed by atoms with Gasteiger partial charge in [0.15, 0.2) is 0 Å². The summed E-state index contributed by atoms with van der Waals surface area (Å²) in [4.78, 5) is 8.83. The van der Waals surface area contributed by atoms with Crippen molar-refractivity contribution < 1.29 is 13.2 Å². The molecule has 1 N–H and O–H groups in total. The number of imidazole rings is 1. The number of anilines is 1. The lowest BCUT2D eigenvalue weighted by molar-refractivity contribution is -0.137. The lowest BCUT2D eigenvalue weighted by Gasteiger charge is -2.29. The van der Waals surface area contributed by atoms with Gasteiger partial charge in [-0.3, -0.25) is 0 Å². The Morgan fingerprint density at radius 2 is 2.00 bits per heavy atom. The fourth-order valence-electron chi connectivity index (χ4n) is 2.22. The second kappa shape index (κ2) is 5.83. The first-order valence-corrected chi connectivity index (χ1v) is 6.70. The molecule has 0 spiro atoms. The van der Waals surface area contributed by atoms with Crippen LogP contribution in [0.3, 0.4) is 0 Å². The van der Waals surface area contributed by atoms with E-state index in [0.717, 1.165) is 11.8 Å². The van der Waals surface area contributed by atoms with Crippen LogP contribution in [0.4, 0.5) is 18.9 Å². The molecule has 0 unspecified atom stereocenters. The summed E-state index contributed by atoms with van der Waals surface area (Å²) < 4.78 is 38.9. The molecule has 0 fully saturated rings. The van der Waals surface area contributed by atoms with Crippen molar-refractivity contribution >= 4 is 19.0 Å². The molecule has 0 saturated heterocycles.